The first-order valence-electron chi connectivity index (χ1n) is 15.3. The number of benzene rings is 2. The van der Waals surface area contributed by atoms with Crippen LogP contribution in [0.1, 0.15) is 72.0 Å². The minimum Gasteiger partial charge on any atom is -0.383 e. The molecule has 46 heavy (non-hydrogen) atoms. The number of hydrogen-bond acceptors (Lipinski definition) is 7. The van der Waals surface area contributed by atoms with Crippen LogP contribution in [0.5, 0.6) is 0 Å². The van der Waals surface area contributed by atoms with E-state index in [1.54, 1.807) is 37.3 Å². The van der Waals surface area contributed by atoms with Crippen LogP contribution >= 0.6 is 0 Å². The number of amides is 2. The molecule has 2 aromatic carbocycles. The predicted molar refractivity (Wildman–Crippen MR) is 184 cm³/mol. The number of rotatable bonds is 14. The topological polar surface area (TPSA) is 110 Å². The van der Waals surface area contributed by atoms with Crippen LogP contribution in [0.3, 0.4) is 0 Å². The van der Waals surface area contributed by atoms with Gasteiger partial charge in [0.2, 0.25) is 0 Å². The molecule has 0 fully saturated rings. The molecule has 244 valence electrons. The lowest BCUT2D eigenvalue weighted by Crippen LogP contribution is -2.36. The van der Waals surface area contributed by atoms with E-state index in [0.29, 0.717) is 54.6 Å². The van der Waals surface area contributed by atoms with Crippen molar-refractivity contribution in [2.24, 2.45) is 0 Å². The fraction of sp³-hybridized carbons (Fsp3) is 0.351. The second-order valence-electron chi connectivity index (χ2n) is 12.0. The number of ketones is 1. The fourth-order valence-corrected chi connectivity index (χ4v) is 4.73. The van der Waals surface area contributed by atoms with E-state index in [2.05, 4.69) is 36.4 Å². The highest BCUT2D eigenvalue weighted by molar-refractivity contribution is 6.05. The van der Waals surface area contributed by atoms with Gasteiger partial charge in [0.05, 0.1) is 24.5 Å². The summed E-state index contributed by atoms with van der Waals surface area (Å²) >= 11 is 0. The van der Waals surface area contributed by atoms with Gasteiger partial charge in [-0.15, -0.1) is 0 Å². The standard InChI is InChI=1S/C37H46N4O5/c1-9-27(31-11-10-12-32(25(31)2)40-35(43)28-13-16-30(17-14-28)37(4,5)6)23-33(26(3)42)39-34-18-15-29(24-38-34)36(44)41(19-21-45-7)20-22-46-8/h9-18,23-24H,19-22H2,1-8H3,(H,38,39)(H,40,43)/b27-9?,33-23+. The van der Waals surface area contributed by atoms with Gasteiger partial charge in [-0.25, -0.2) is 4.98 Å². The molecular formula is C37H46N4O5. The van der Waals surface area contributed by atoms with Crippen LogP contribution in [-0.2, 0) is 19.7 Å². The second kappa shape index (κ2) is 16.6. The third-order valence-electron chi connectivity index (χ3n) is 7.59. The first kappa shape index (κ1) is 35.9. The van der Waals surface area contributed by atoms with Crippen molar-refractivity contribution in [3.63, 3.8) is 0 Å². The zero-order chi connectivity index (χ0) is 33.9. The average molecular weight is 627 g/mol. The third-order valence-corrected chi connectivity index (χ3v) is 7.59. The van der Waals surface area contributed by atoms with Crippen LogP contribution < -0.4 is 10.6 Å². The van der Waals surface area contributed by atoms with Gasteiger partial charge in [0.1, 0.15) is 5.82 Å². The van der Waals surface area contributed by atoms with E-state index in [0.717, 1.165) is 22.3 Å². The number of aromatic nitrogens is 1. The van der Waals surface area contributed by atoms with Crippen LogP contribution in [0.4, 0.5) is 11.5 Å². The van der Waals surface area contributed by atoms with Crippen LogP contribution in [0.25, 0.3) is 5.57 Å². The maximum absolute atomic E-state index is 13.1. The van der Waals surface area contributed by atoms with Crippen molar-refractivity contribution < 1.29 is 23.9 Å². The number of hydrogen-bond donors (Lipinski definition) is 2. The van der Waals surface area contributed by atoms with Crippen molar-refractivity contribution in [3.05, 3.63) is 106 Å². The van der Waals surface area contributed by atoms with Crippen LogP contribution in [0.2, 0.25) is 0 Å². The smallest absolute Gasteiger partial charge is 0.255 e. The van der Waals surface area contributed by atoms with Gasteiger partial charge in [0.15, 0.2) is 5.78 Å². The lowest BCUT2D eigenvalue weighted by Gasteiger charge is -2.22. The summed E-state index contributed by atoms with van der Waals surface area (Å²) in [6.07, 6.45) is 5.16. The number of methoxy groups -OCH3 is 2. The monoisotopic (exact) mass is 626 g/mol. The molecule has 0 unspecified atom stereocenters. The summed E-state index contributed by atoms with van der Waals surface area (Å²) in [6.45, 7) is 13.4. The van der Waals surface area contributed by atoms with Gasteiger partial charge in [-0.3, -0.25) is 14.4 Å². The number of pyridine rings is 1. The highest BCUT2D eigenvalue weighted by atomic mass is 16.5. The molecule has 1 aromatic heterocycles. The number of nitrogens with zero attached hydrogens (tertiary/aromatic N) is 2. The number of nitrogens with one attached hydrogen (secondary N) is 2. The normalized spacial score (nSPS) is 12.1. The Morgan fingerprint density at radius 3 is 2.04 bits per heavy atom. The lowest BCUT2D eigenvalue weighted by molar-refractivity contribution is -0.113. The largest absolute Gasteiger partial charge is 0.383 e. The quantitative estimate of drug-likeness (QED) is 0.152. The molecule has 0 radical (unpaired) electrons. The van der Waals surface area contributed by atoms with E-state index >= 15 is 0 Å². The maximum atomic E-state index is 13.1. The zero-order valence-electron chi connectivity index (χ0n) is 28.2. The van der Waals surface area contributed by atoms with Gasteiger partial charge in [-0.05, 0) is 77.9 Å². The summed E-state index contributed by atoms with van der Waals surface area (Å²) in [5, 5.41) is 6.15. The molecule has 9 heteroatoms. The van der Waals surface area contributed by atoms with E-state index < -0.39 is 0 Å². The molecule has 0 saturated carbocycles. The molecule has 0 spiro atoms. The van der Waals surface area contributed by atoms with Gasteiger partial charge >= 0.3 is 0 Å². The number of allylic oxidation sites excluding steroid dienone is 4. The fourth-order valence-electron chi connectivity index (χ4n) is 4.73. The van der Waals surface area contributed by atoms with E-state index in [9.17, 15) is 14.4 Å². The van der Waals surface area contributed by atoms with E-state index in [-0.39, 0.29) is 23.0 Å². The number of Topliss-reactive ketones (excluding diaryl/α,β-unsaturated/α-hetero) is 1. The van der Waals surface area contributed by atoms with Crippen molar-refractivity contribution in [2.45, 2.75) is 47.0 Å². The molecule has 0 bridgehead atoms. The minimum atomic E-state index is -0.196. The molecule has 2 N–H and O–H groups in total. The number of anilines is 2. The number of carbonyl (C=O) groups is 3. The molecule has 0 atom stereocenters. The lowest BCUT2D eigenvalue weighted by atomic mass is 9.86. The molecule has 1 heterocycles. The summed E-state index contributed by atoms with van der Waals surface area (Å²) in [6, 6.07) is 16.7. The molecule has 0 aliphatic heterocycles. The van der Waals surface area contributed by atoms with Crippen LogP contribution in [0.15, 0.2) is 78.6 Å². The Hall–Kier alpha value is -4.60. The number of carbonyl (C=O) groups excluding carboxylic acids is 3. The maximum Gasteiger partial charge on any atom is 0.255 e. The van der Waals surface area contributed by atoms with Crippen molar-refractivity contribution in [1.29, 1.82) is 0 Å². The third kappa shape index (κ3) is 9.70. The Bertz CT molecular complexity index is 1560. The van der Waals surface area contributed by atoms with Crippen molar-refractivity contribution in [3.8, 4) is 0 Å². The van der Waals surface area contributed by atoms with Gasteiger partial charge in [0, 0.05) is 51.7 Å². The summed E-state index contributed by atoms with van der Waals surface area (Å²) < 4.78 is 10.3. The zero-order valence-corrected chi connectivity index (χ0v) is 28.2. The van der Waals surface area contributed by atoms with Crippen molar-refractivity contribution >= 4 is 34.7 Å². The summed E-state index contributed by atoms with van der Waals surface area (Å²) in [5.74, 6) is -0.148. The average Bonchev–Trinajstić information content (AvgIpc) is 3.04. The molecule has 2 amide bonds. The Morgan fingerprint density at radius 1 is 0.891 bits per heavy atom. The molecule has 0 aliphatic rings. The molecule has 0 aliphatic carbocycles. The Labute approximate surface area is 272 Å². The molecule has 9 nitrogen and oxygen atoms in total. The summed E-state index contributed by atoms with van der Waals surface area (Å²) in [4.78, 5) is 44.9. The summed E-state index contributed by atoms with van der Waals surface area (Å²) in [5.41, 5.74) is 5.67. The first-order valence-corrected chi connectivity index (χ1v) is 15.3. The van der Waals surface area contributed by atoms with Crippen molar-refractivity contribution in [1.82, 2.24) is 9.88 Å². The van der Waals surface area contributed by atoms with E-state index in [1.165, 1.54) is 13.1 Å². The van der Waals surface area contributed by atoms with Gasteiger partial charge < -0.3 is 25.0 Å². The SMILES string of the molecule is CC=C(/C=C(/Nc1ccc(C(=O)N(CCOC)CCOC)cn1)C(C)=O)c1cccc(NC(=O)c2ccc(C(C)(C)C)cc2)c1C. The van der Waals surface area contributed by atoms with Crippen LogP contribution in [0, 0.1) is 6.92 Å². The van der Waals surface area contributed by atoms with E-state index in [4.69, 9.17) is 9.47 Å². The molecule has 0 saturated heterocycles. The minimum absolute atomic E-state index is 0.00139. The Kier molecular flexibility index (Phi) is 13.0. The molecule has 3 rings (SSSR count). The highest BCUT2D eigenvalue weighted by Crippen LogP contribution is 2.28. The second-order valence-corrected chi connectivity index (χ2v) is 12.0. The Balaban J connectivity index is 1.80. The highest BCUT2D eigenvalue weighted by Gasteiger charge is 2.18. The molecular weight excluding hydrogens is 580 g/mol. The van der Waals surface area contributed by atoms with E-state index in [1.807, 2.05) is 62.4 Å². The summed E-state index contributed by atoms with van der Waals surface area (Å²) in [7, 11) is 3.17. The molecule has 3 aromatic rings. The number of ether oxygens (including phenoxy) is 2. The van der Waals surface area contributed by atoms with Gasteiger partial charge in [0.25, 0.3) is 11.8 Å². The van der Waals surface area contributed by atoms with Gasteiger partial charge in [-0.1, -0.05) is 51.1 Å². The van der Waals surface area contributed by atoms with Gasteiger partial charge in [-0.2, -0.15) is 0 Å². The van der Waals surface area contributed by atoms with Crippen LogP contribution in [-0.4, -0.2) is 68.0 Å². The first-order chi connectivity index (χ1) is 21.9. The predicted octanol–water partition coefficient (Wildman–Crippen LogP) is 6.66. The van der Waals surface area contributed by atoms with Crippen molar-refractivity contribution in [2.75, 3.05) is 51.2 Å². The Morgan fingerprint density at radius 2 is 1.52 bits per heavy atom.